The SMILES string of the molecule is O=C(O)C1CC(=O)n2c3c(c4ccccc42)CCNC31. The lowest BCUT2D eigenvalue weighted by Crippen LogP contribution is -2.44. The minimum atomic E-state index is -0.903. The predicted molar refractivity (Wildman–Crippen MR) is 72.8 cm³/mol. The normalized spacial score (nSPS) is 24.7. The van der Waals surface area contributed by atoms with Crippen LogP contribution in [0.2, 0.25) is 0 Å². The number of aliphatic carboxylic acids is 1. The standard InChI is InChI=1S/C15H14N2O3/c18-12-7-10(15(19)20)13-14-9(5-6-16-13)8-3-1-2-4-11(8)17(12)14/h1-4,10,13,16H,5-7H2,(H,19,20). The Bertz CT molecular complexity index is 747. The molecule has 1 aromatic heterocycles. The summed E-state index contributed by atoms with van der Waals surface area (Å²) in [6.45, 7) is 0.754. The van der Waals surface area contributed by atoms with Gasteiger partial charge in [-0.2, -0.15) is 0 Å². The van der Waals surface area contributed by atoms with Gasteiger partial charge in [0, 0.05) is 17.5 Å². The van der Waals surface area contributed by atoms with E-state index in [1.807, 2.05) is 24.3 Å². The van der Waals surface area contributed by atoms with Gasteiger partial charge in [-0.3, -0.25) is 14.2 Å². The third-order valence-electron chi connectivity index (χ3n) is 4.42. The maximum Gasteiger partial charge on any atom is 0.309 e. The molecular formula is C15H14N2O3. The van der Waals surface area contributed by atoms with Gasteiger partial charge in [-0.05, 0) is 24.6 Å². The number of hydrogen-bond acceptors (Lipinski definition) is 3. The third-order valence-corrected chi connectivity index (χ3v) is 4.42. The zero-order valence-corrected chi connectivity index (χ0v) is 10.8. The van der Waals surface area contributed by atoms with Gasteiger partial charge < -0.3 is 10.4 Å². The van der Waals surface area contributed by atoms with Crippen LogP contribution in [0.4, 0.5) is 0 Å². The fraction of sp³-hybridized carbons (Fsp3) is 0.333. The topological polar surface area (TPSA) is 71.3 Å². The highest BCUT2D eigenvalue weighted by Gasteiger charge is 2.42. The van der Waals surface area contributed by atoms with E-state index in [0.717, 1.165) is 35.1 Å². The lowest BCUT2D eigenvalue weighted by atomic mass is 9.85. The Labute approximate surface area is 115 Å². The number of hydrogen-bond donors (Lipinski definition) is 2. The highest BCUT2D eigenvalue weighted by Crippen LogP contribution is 2.41. The van der Waals surface area contributed by atoms with Gasteiger partial charge in [0.15, 0.2) is 0 Å². The van der Waals surface area contributed by atoms with Crippen LogP contribution in [0, 0.1) is 5.92 Å². The molecular weight excluding hydrogens is 256 g/mol. The van der Waals surface area contributed by atoms with Crippen molar-refractivity contribution in [3.8, 4) is 0 Å². The fourth-order valence-electron chi connectivity index (χ4n) is 3.59. The maximum atomic E-state index is 12.4. The summed E-state index contributed by atoms with van der Waals surface area (Å²) in [7, 11) is 0. The molecule has 4 rings (SSSR count). The van der Waals surface area contributed by atoms with Gasteiger partial charge in [-0.1, -0.05) is 18.2 Å². The minimum Gasteiger partial charge on any atom is -0.481 e. The van der Waals surface area contributed by atoms with E-state index in [9.17, 15) is 14.7 Å². The summed E-state index contributed by atoms with van der Waals surface area (Å²) in [5.41, 5.74) is 2.89. The summed E-state index contributed by atoms with van der Waals surface area (Å²) in [5, 5.41) is 13.7. The van der Waals surface area contributed by atoms with E-state index in [1.54, 1.807) is 4.57 Å². The van der Waals surface area contributed by atoms with Crippen molar-refractivity contribution in [1.29, 1.82) is 0 Å². The zero-order valence-electron chi connectivity index (χ0n) is 10.8. The average molecular weight is 270 g/mol. The number of aromatic nitrogens is 1. The molecule has 3 heterocycles. The van der Waals surface area contributed by atoms with Crippen molar-refractivity contribution in [2.45, 2.75) is 18.9 Å². The molecule has 0 radical (unpaired) electrons. The smallest absolute Gasteiger partial charge is 0.309 e. The molecule has 0 amide bonds. The zero-order chi connectivity index (χ0) is 13.9. The van der Waals surface area contributed by atoms with Crippen LogP contribution in [0.1, 0.15) is 28.5 Å². The molecule has 0 spiro atoms. The van der Waals surface area contributed by atoms with E-state index < -0.39 is 11.9 Å². The largest absolute Gasteiger partial charge is 0.481 e. The van der Waals surface area contributed by atoms with E-state index in [4.69, 9.17) is 0 Å². The summed E-state index contributed by atoms with van der Waals surface area (Å²) in [6, 6.07) is 7.56. The second-order valence-electron chi connectivity index (χ2n) is 5.44. The molecule has 2 atom stereocenters. The molecule has 0 saturated carbocycles. The van der Waals surface area contributed by atoms with Crippen LogP contribution in [-0.4, -0.2) is 28.1 Å². The van der Waals surface area contributed by atoms with Gasteiger partial charge >= 0.3 is 5.97 Å². The second kappa shape index (κ2) is 3.93. The Morgan fingerprint density at radius 3 is 2.95 bits per heavy atom. The Morgan fingerprint density at radius 1 is 1.35 bits per heavy atom. The number of carboxylic acid groups (broad SMARTS) is 1. The van der Waals surface area contributed by atoms with Crippen LogP contribution >= 0.6 is 0 Å². The molecule has 5 nitrogen and oxygen atoms in total. The molecule has 0 saturated heterocycles. The molecule has 0 bridgehead atoms. The van der Waals surface area contributed by atoms with E-state index in [2.05, 4.69) is 5.32 Å². The van der Waals surface area contributed by atoms with E-state index in [-0.39, 0.29) is 18.4 Å². The van der Waals surface area contributed by atoms with Crippen LogP contribution < -0.4 is 5.32 Å². The van der Waals surface area contributed by atoms with Crippen LogP contribution in [0.3, 0.4) is 0 Å². The highest BCUT2D eigenvalue weighted by atomic mass is 16.4. The number of para-hydroxylation sites is 1. The van der Waals surface area contributed by atoms with Crippen molar-refractivity contribution < 1.29 is 14.7 Å². The van der Waals surface area contributed by atoms with Gasteiger partial charge in [-0.25, -0.2) is 0 Å². The molecule has 20 heavy (non-hydrogen) atoms. The number of rotatable bonds is 1. The number of fused-ring (bicyclic) bond motifs is 3. The lowest BCUT2D eigenvalue weighted by Gasteiger charge is -2.34. The fourth-order valence-corrected chi connectivity index (χ4v) is 3.59. The molecule has 102 valence electrons. The first-order valence-electron chi connectivity index (χ1n) is 6.80. The predicted octanol–water partition coefficient (Wildman–Crippen LogP) is 1.57. The number of nitrogens with one attached hydrogen (secondary N) is 1. The van der Waals surface area contributed by atoms with Gasteiger partial charge in [0.2, 0.25) is 5.91 Å². The van der Waals surface area contributed by atoms with E-state index in [0.29, 0.717) is 0 Å². The Kier molecular flexibility index (Phi) is 2.29. The van der Waals surface area contributed by atoms with Crippen LogP contribution in [-0.2, 0) is 11.2 Å². The number of carbonyl (C=O) groups excluding carboxylic acids is 1. The first-order valence-corrected chi connectivity index (χ1v) is 6.80. The van der Waals surface area contributed by atoms with Gasteiger partial charge in [-0.15, -0.1) is 0 Å². The summed E-state index contributed by atoms with van der Waals surface area (Å²) < 4.78 is 1.72. The first kappa shape index (κ1) is 11.7. The summed E-state index contributed by atoms with van der Waals surface area (Å²) >= 11 is 0. The van der Waals surface area contributed by atoms with Gasteiger partial charge in [0.25, 0.3) is 0 Å². The molecule has 1 aromatic carbocycles. The van der Waals surface area contributed by atoms with E-state index in [1.165, 1.54) is 0 Å². The lowest BCUT2D eigenvalue weighted by molar-refractivity contribution is -0.143. The molecule has 2 aliphatic rings. The second-order valence-corrected chi connectivity index (χ2v) is 5.44. The van der Waals surface area contributed by atoms with Crippen molar-refractivity contribution >= 4 is 22.8 Å². The van der Waals surface area contributed by atoms with Crippen molar-refractivity contribution in [3.63, 3.8) is 0 Å². The molecule has 0 aliphatic carbocycles. The molecule has 2 aliphatic heterocycles. The molecule has 2 N–H and O–H groups in total. The van der Waals surface area contributed by atoms with Crippen LogP contribution in [0.5, 0.6) is 0 Å². The van der Waals surface area contributed by atoms with Gasteiger partial charge in [0.05, 0.1) is 17.5 Å². The first-order chi connectivity index (χ1) is 9.68. The molecule has 2 unspecified atom stereocenters. The van der Waals surface area contributed by atoms with Crippen molar-refractivity contribution in [3.05, 3.63) is 35.5 Å². The van der Waals surface area contributed by atoms with Crippen molar-refractivity contribution in [2.75, 3.05) is 6.54 Å². The molecule has 5 heteroatoms. The van der Waals surface area contributed by atoms with E-state index >= 15 is 0 Å². The van der Waals surface area contributed by atoms with Crippen LogP contribution in [0.25, 0.3) is 10.9 Å². The monoisotopic (exact) mass is 270 g/mol. The maximum absolute atomic E-state index is 12.4. The third kappa shape index (κ3) is 1.35. The molecule has 2 aromatic rings. The summed E-state index contributed by atoms with van der Waals surface area (Å²) in [4.78, 5) is 23.8. The summed E-state index contributed by atoms with van der Waals surface area (Å²) in [6.07, 6.45) is 0.886. The number of benzene rings is 1. The molecule has 0 fully saturated rings. The number of carboxylic acids is 1. The van der Waals surface area contributed by atoms with Crippen LogP contribution in [0.15, 0.2) is 24.3 Å². The highest BCUT2D eigenvalue weighted by molar-refractivity contribution is 5.99. The average Bonchev–Trinajstić information content (AvgIpc) is 2.79. The van der Waals surface area contributed by atoms with Gasteiger partial charge in [0.1, 0.15) is 0 Å². The number of carbonyl (C=O) groups is 2. The minimum absolute atomic E-state index is 0.0537. The number of nitrogens with zero attached hydrogens (tertiary/aromatic N) is 1. The van der Waals surface area contributed by atoms with Crippen molar-refractivity contribution in [1.82, 2.24) is 9.88 Å². The Balaban J connectivity index is 2.06. The Hall–Kier alpha value is -2.14. The van der Waals surface area contributed by atoms with Crippen molar-refractivity contribution in [2.24, 2.45) is 5.92 Å². The summed E-state index contributed by atoms with van der Waals surface area (Å²) in [5.74, 6) is -1.69. The Morgan fingerprint density at radius 2 is 2.15 bits per heavy atom. The quantitative estimate of drug-likeness (QED) is 0.825.